The molecule has 2 nitrogen and oxygen atoms in total. The van der Waals surface area contributed by atoms with Crippen LogP contribution in [0.1, 0.15) is 11.1 Å². The third kappa shape index (κ3) is 4.45. The first-order chi connectivity index (χ1) is 7.78. The SMILES string of the molecule is COc1ccc(Cc2ccc([O-])cc2)cc1.[K+]. The minimum atomic E-state index is 0. The van der Waals surface area contributed by atoms with Crippen LogP contribution in [0.15, 0.2) is 48.5 Å². The van der Waals surface area contributed by atoms with Crippen molar-refractivity contribution in [3.05, 3.63) is 59.7 Å². The summed E-state index contributed by atoms with van der Waals surface area (Å²) in [5, 5.41) is 10.9. The number of benzene rings is 2. The number of rotatable bonds is 3. The van der Waals surface area contributed by atoms with Gasteiger partial charge in [-0.25, -0.2) is 0 Å². The van der Waals surface area contributed by atoms with Crippen LogP contribution in [0, 0.1) is 0 Å². The Kier molecular flexibility index (Phi) is 6.23. The van der Waals surface area contributed by atoms with Crippen molar-refractivity contribution in [2.75, 3.05) is 7.11 Å². The largest absolute Gasteiger partial charge is 1.00 e. The van der Waals surface area contributed by atoms with E-state index in [1.807, 2.05) is 36.4 Å². The van der Waals surface area contributed by atoms with Crippen LogP contribution >= 0.6 is 0 Å². The van der Waals surface area contributed by atoms with E-state index in [4.69, 9.17) is 4.74 Å². The van der Waals surface area contributed by atoms with Crippen molar-refractivity contribution in [3.8, 4) is 11.5 Å². The van der Waals surface area contributed by atoms with Gasteiger partial charge in [0.2, 0.25) is 0 Å². The Balaban J connectivity index is 0.00000144. The molecule has 2 aromatic carbocycles. The smallest absolute Gasteiger partial charge is 0.872 e. The Labute approximate surface area is 144 Å². The van der Waals surface area contributed by atoms with Crippen molar-refractivity contribution >= 4 is 0 Å². The molecule has 3 heteroatoms. The Morgan fingerprint density at radius 3 is 1.82 bits per heavy atom. The second-order valence-corrected chi connectivity index (χ2v) is 3.67. The molecule has 0 heterocycles. The van der Waals surface area contributed by atoms with Crippen LogP contribution in [0.3, 0.4) is 0 Å². The van der Waals surface area contributed by atoms with Gasteiger partial charge in [-0.2, -0.15) is 0 Å². The summed E-state index contributed by atoms with van der Waals surface area (Å²) in [6, 6.07) is 14.9. The fraction of sp³-hybridized carbons (Fsp3) is 0.143. The molecule has 0 fully saturated rings. The van der Waals surface area contributed by atoms with Crippen molar-refractivity contribution in [1.29, 1.82) is 0 Å². The van der Waals surface area contributed by atoms with Gasteiger partial charge in [0.15, 0.2) is 0 Å². The van der Waals surface area contributed by atoms with Gasteiger partial charge in [0.05, 0.1) is 7.11 Å². The van der Waals surface area contributed by atoms with E-state index in [9.17, 15) is 5.11 Å². The minimum Gasteiger partial charge on any atom is -0.872 e. The summed E-state index contributed by atoms with van der Waals surface area (Å²) in [4.78, 5) is 0. The molecule has 2 aromatic rings. The van der Waals surface area contributed by atoms with E-state index < -0.39 is 0 Å². The van der Waals surface area contributed by atoms with Crippen LogP contribution in [0.5, 0.6) is 11.5 Å². The average Bonchev–Trinajstić information content (AvgIpc) is 2.33. The molecule has 0 N–H and O–H groups in total. The summed E-state index contributed by atoms with van der Waals surface area (Å²) in [5.41, 5.74) is 2.35. The molecule has 0 saturated heterocycles. The van der Waals surface area contributed by atoms with Gasteiger partial charge < -0.3 is 9.84 Å². The van der Waals surface area contributed by atoms with Gasteiger partial charge in [0.1, 0.15) is 5.75 Å². The van der Waals surface area contributed by atoms with Crippen molar-refractivity contribution in [2.45, 2.75) is 6.42 Å². The molecule has 0 saturated carbocycles. The van der Waals surface area contributed by atoms with E-state index in [1.54, 1.807) is 19.2 Å². The molecule has 0 aliphatic carbocycles. The van der Waals surface area contributed by atoms with E-state index in [0.29, 0.717) is 0 Å². The van der Waals surface area contributed by atoms with Gasteiger partial charge in [0, 0.05) is 0 Å². The van der Waals surface area contributed by atoms with Crippen molar-refractivity contribution < 1.29 is 61.2 Å². The van der Waals surface area contributed by atoms with Crippen LogP contribution in [-0.4, -0.2) is 7.11 Å². The molecule has 2 rings (SSSR count). The van der Waals surface area contributed by atoms with Gasteiger partial charge in [0.25, 0.3) is 0 Å². The fourth-order valence-electron chi connectivity index (χ4n) is 1.59. The monoisotopic (exact) mass is 252 g/mol. The average molecular weight is 252 g/mol. The predicted molar refractivity (Wildman–Crippen MR) is 61.7 cm³/mol. The maximum Gasteiger partial charge on any atom is 1.00 e. The maximum atomic E-state index is 10.9. The molecular weight excluding hydrogens is 239 g/mol. The first-order valence-corrected chi connectivity index (χ1v) is 5.17. The zero-order valence-electron chi connectivity index (χ0n) is 10.1. The summed E-state index contributed by atoms with van der Waals surface area (Å²) >= 11 is 0. The van der Waals surface area contributed by atoms with Gasteiger partial charge in [-0.05, 0) is 29.7 Å². The Hall–Kier alpha value is -0.324. The molecule has 82 valence electrons. The number of methoxy groups -OCH3 is 1. The molecule has 0 aliphatic rings. The molecule has 17 heavy (non-hydrogen) atoms. The van der Waals surface area contributed by atoms with E-state index in [1.165, 1.54) is 5.56 Å². The summed E-state index contributed by atoms with van der Waals surface area (Å²) in [7, 11) is 1.65. The molecule has 0 amide bonds. The molecule has 0 unspecified atom stereocenters. The van der Waals surface area contributed by atoms with E-state index >= 15 is 0 Å². The third-order valence-electron chi connectivity index (χ3n) is 2.49. The normalized spacial score (nSPS) is 9.47. The summed E-state index contributed by atoms with van der Waals surface area (Å²) < 4.78 is 5.09. The van der Waals surface area contributed by atoms with E-state index in [0.717, 1.165) is 17.7 Å². The Morgan fingerprint density at radius 2 is 1.35 bits per heavy atom. The van der Waals surface area contributed by atoms with Crippen LogP contribution < -0.4 is 61.2 Å². The van der Waals surface area contributed by atoms with Crippen LogP contribution in [0.2, 0.25) is 0 Å². The zero-order valence-corrected chi connectivity index (χ0v) is 13.3. The van der Waals surface area contributed by atoms with Crippen molar-refractivity contribution in [2.24, 2.45) is 0 Å². The van der Waals surface area contributed by atoms with Crippen LogP contribution in [0.25, 0.3) is 0 Å². The maximum absolute atomic E-state index is 10.9. The zero-order chi connectivity index (χ0) is 11.4. The van der Waals surface area contributed by atoms with E-state index in [2.05, 4.69) is 0 Å². The second kappa shape index (κ2) is 7.19. The predicted octanol–water partition coefficient (Wildman–Crippen LogP) is -0.636. The molecule has 0 bridgehead atoms. The first kappa shape index (κ1) is 14.7. The van der Waals surface area contributed by atoms with Crippen molar-refractivity contribution in [3.63, 3.8) is 0 Å². The molecule has 0 aliphatic heterocycles. The van der Waals surface area contributed by atoms with Crippen LogP contribution in [0.4, 0.5) is 0 Å². The fourth-order valence-corrected chi connectivity index (χ4v) is 1.59. The molecule has 0 spiro atoms. The third-order valence-corrected chi connectivity index (χ3v) is 2.49. The van der Waals surface area contributed by atoms with Crippen LogP contribution in [-0.2, 0) is 6.42 Å². The van der Waals surface area contributed by atoms with Gasteiger partial charge in [-0.3, -0.25) is 0 Å². The van der Waals surface area contributed by atoms with Gasteiger partial charge in [-0.1, -0.05) is 36.4 Å². The minimum absolute atomic E-state index is 0. The van der Waals surface area contributed by atoms with Gasteiger partial charge in [-0.15, -0.1) is 5.75 Å². The Bertz CT molecular complexity index is 449. The first-order valence-electron chi connectivity index (χ1n) is 5.17. The number of hydrogen-bond donors (Lipinski definition) is 0. The molecule has 0 radical (unpaired) electrons. The number of ether oxygens (including phenoxy) is 1. The van der Waals surface area contributed by atoms with Gasteiger partial charge >= 0.3 is 51.4 Å². The summed E-state index contributed by atoms with van der Waals surface area (Å²) in [5.74, 6) is 0.914. The quantitative estimate of drug-likeness (QED) is 0.681. The van der Waals surface area contributed by atoms with Crippen molar-refractivity contribution in [1.82, 2.24) is 0 Å². The van der Waals surface area contributed by atoms with E-state index in [-0.39, 0.29) is 57.1 Å². The number of hydrogen-bond acceptors (Lipinski definition) is 2. The topological polar surface area (TPSA) is 32.3 Å². The molecule has 0 atom stereocenters. The summed E-state index contributed by atoms with van der Waals surface area (Å²) in [6.07, 6.45) is 0.838. The molecule has 0 aromatic heterocycles. The Morgan fingerprint density at radius 1 is 0.882 bits per heavy atom. The summed E-state index contributed by atoms with van der Waals surface area (Å²) in [6.45, 7) is 0. The molecular formula is C14H13KO2. The second-order valence-electron chi connectivity index (χ2n) is 3.67. The standard InChI is InChI=1S/C14H14O2.K/c1-16-14-8-4-12(5-9-14)10-11-2-6-13(15)7-3-11;/h2-9,15H,10H2,1H3;/q;+1/p-1.